The number of nitrogens with two attached hydrogens (primary N) is 1. The Morgan fingerprint density at radius 2 is 1.67 bits per heavy atom. The van der Waals surface area contributed by atoms with Gasteiger partial charge in [0.2, 0.25) is 23.7 Å². The molecule has 2 atom stereocenters. The summed E-state index contributed by atoms with van der Waals surface area (Å²) < 4.78 is 0. The lowest BCUT2D eigenvalue weighted by Crippen LogP contribution is -2.31. The van der Waals surface area contributed by atoms with Crippen LogP contribution in [-0.2, 0) is 16.1 Å². The van der Waals surface area contributed by atoms with Crippen LogP contribution in [0.2, 0.25) is 0 Å². The zero-order valence-electron chi connectivity index (χ0n) is 15.2. The summed E-state index contributed by atoms with van der Waals surface area (Å²) in [5.74, 6) is 0.0427. The summed E-state index contributed by atoms with van der Waals surface area (Å²) >= 11 is 0. The Balaban J connectivity index is 1.54. The van der Waals surface area contributed by atoms with Gasteiger partial charge in [-0.2, -0.15) is 15.0 Å². The fourth-order valence-electron chi connectivity index (χ4n) is 3.86. The molecule has 1 saturated heterocycles. The molecule has 27 heavy (non-hydrogen) atoms. The quantitative estimate of drug-likeness (QED) is 0.797. The van der Waals surface area contributed by atoms with Gasteiger partial charge in [-0.15, -0.1) is 0 Å². The molecule has 0 radical (unpaired) electrons. The number of likely N-dealkylation sites (tertiary alicyclic amines) is 1. The number of carbonyl (C=O) groups is 2. The molecule has 0 spiro atoms. The van der Waals surface area contributed by atoms with E-state index in [-0.39, 0.29) is 42.1 Å². The zero-order chi connectivity index (χ0) is 19.0. The third-order valence-electron chi connectivity index (χ3n) is 5.24. The number of hydrogen-bond donors (Lipinski definition) is 2. The summed E-state index contributed by atoms with van der Waals surface area (Å²) in [5, 5.41) is 3.08. The minimum Gasteiger partial charge on any atom is -0.368 e. The van der Waals surface area contributed by atoms with E-state index in [1.54, 1.807) is 0 Å². The van der Waals surface area contributed by atoms with Gasteiger partial charge in [-0.25, -0.2) is 0 Å². The molecular formula is C19H22N6O2. The molecule has 2 aromatic rings. The SMILES string of the molecule is Cc1ccc(Nc2nc(N)nc(CN3C(=O)[C@H]4CCCC[C@H]4C3=O)n2)cc1. The first-order valence-electron chi connectivity index (χ1n) is 9.20. The normalized spacial score (nSPS) is 22.0. The van der Waals surface area contributed by atoms with Crippen LogP contribution in [-0.4, -0.2) is 31.7 Å². The van der Waals surface area contributed by atoms with Gasteiger partial charge in [0.15, 0.2) is 5.82 Å². The number of imide groups is 1. The van der Waals surface area contributed by atoms with Crippen LogP contribution in [0, 0.1) is 18.8 Å². The second kappa shape index (κ2) is 6.94. The van der Waals surface area contributed by atoms with Gasteiger partial charge in [0.25, 0.3) is 0 Å². The number of fused-ring (bicyclic) bond motifs is 1. The van der Waals surface area contributed by atoms with Crippen LogP contribution >= 0.6 is 0 Å². The predicted molar refractivity (Wildman–Crippen MR) is 99.7 cm³/mol. The lowest BCUT2D eigenvalue weighted by Gasteiger charge is -2.19. The molecule has 3 N–H and O–H groups in total. The average molecular weight is 366 g/mol. The lowest BCUT2D eigenvalue weighted by molar-refractivity contribution is -0.140. The number of nitrogens with one attached hydrogen (secondary N) is 1. The lowest BCUT2D eigenvalue weighted by atomic mass is 9.81. The molecule has 140 valence electrons. The van der Waals surface area contributed by atoms with E-state index < -0.39 is 0 Å². The van der Waals surface area contributed by atoms with Crippen molar-refractivity contribution in [2.45, 2.75) is 39.2 Å². The molecule has 1 saturated carbocycles. The van der Waals surface area contributed by atoms with Crippen molar-refractivity contribution >= 4 is 29.4 Å². The monoisotopic (exact) mass is 366 g/mol. The van der Waals surface area contributed by atoms with Crippen LogP contribution in [0.15, 0.2) is 24.3 Å². The number of amides is 2. The zero-order valence-corrected chi connectivity index (χ0v) is 15.2. The maximum atomic E-state index is 12.6. The number of aryl methyl sites for hydroxylation is 1. The summed E-state index contributed by atoms with van der Waals surface area (Å²) in [6, 6.07) is 7.76. The number of hydrogen-bond acceptors (Lipinski definition) is 7. The first kappa shape index (κ1) is 17.4. The molecule has 4 rings (SSSR count). The van der Waals surface area contributed by atoms with Crippen molar-refractivity contribution in [1.82, 2.24) is 19.9 Å². The molecule has 1 aromatic heterocycles. The van der Waals surface area contributed by atoms with E-state index >= 15 is 0 Å². The molecule has 1 aliphatic heterocycles. The minimum atomic E-state index is -0.185. The number of rotatable bonds is 4. The first-order chi connectivity index (χ1) is 13.0. The van der Waals surface area contributed by atoms with Crippen molar-refractivity contribution in [2.24, 2.45) is 11.8 Å². The van der Waals surface area contributed by atoms with Crippen LogP contribution in [0.5, 0.6) is 0 Å². The largest absolute Gasteiger partial charge is 0.368 e. The summed E-state index contributed by atoms with van der Waals surface area (Å²) in [6.07, 6.45) is 3.56. The van der Waals surface area contributed by atoms with E-state index in [9.17, 15) is 9.59 Å². The molecule has 2 fully saturated rings. The molecule has 2 amide bonds. The van der Waals surface area contributed by atoms with Crippen LogP contribution < -0.4 is 11.1 Å². The van der Waals surface area contributed by atoms with E-state index in [1.165, 1.54) is 4.90 Å². The second-order valence-electron chi connectivity index (χ2n) is 7.18. The van der Waals surface area contributed by atoms with E-state index in [0.29, 0.717) is 5.82 Å². The molecule has 1 aromatic carbocycles. The van der Waals surface area contributed by atoms with Crippen molar-refractivity contribution in [2.75, 3.05) is 11.1 Å². The highest BCUT2D eigenvalue weighted by Gasteiger charge is 2.48. The minimum absolute atomic E-state index is 0.0277. The van der Waals surface area contributed by atoms with Crippen molar-refractivity contribution in [1.29, 1.82) is 0 Å². The van der Waals surface area contributed by atoms with Gasteiger partial charge < -0.3 is 11.1 Å². The summed E-state index contributed by atoms with van der Waals surface area (Å²) in [4.78, 5) is 39.1. The standard InChI is InChI=1S/C19H22N6O2/c1-11-6-8-12(9-7-11)21-19-23-15(22-18(20)24-19)10-25-16(26)13-4-2-3-5-14(13)17(25)27/h6-9,13-14H,2-5,10H2,1H3,(H3,20,21,22,23,24)/t13-,14+. The van der Waals surface area contributed by atoms with E-state index in [2.05, 4.69) is 20.3 Å². The molecule has 8 nitrogen and oxygen atoms in total. The van der Waals surface area contributed by atoms with E-state index in [4.69, 9.17) is 5.73 Å². The fourth-order valence-corrected chi connectivity index (χ4v) is 3.86. The highest BCUT2D eigenvalue weighted by Crippen LogP contribution is 2.38. The van der Waals surface area contributed by atoms with E-state index in [0.717, 1.165) is 36.9 Å². The first-order valence-corrected chi connectivity index (χ1v) is 9.20. The highest BCUT2D eigenvalue weighted by atomic mass is 16.2. The van der Waals surface area contributed by atoms with Crippen LogP contribution in [0.1, 0.15) is 37.1 Å². The third-order valence-corrected chi connectivity index (χ3v) is 5.24. The number of carbonyl (C=O) groups excluding carboxylic acids is 2. The average Bonchev–Trinajstić information content (AvgIpc) is 2.89. The Kier molecular flexibility index (Phi) is 4.47. The Morgan fingerprint density at radius 1 is 1.04 bits per heavy atom. The van der Waals surface area contributed by atoms with Crippen molar-refractivity contribution in [3.8, 4) is 0 Å². The maximum absolute atomic E-state index is 12.6. The van der Waals surface area contributed by atoms with Gasteiger partial charge in [0.05, 0.1) is 18.4 Å². The number of nitrogen functional groups attached to an aromatic ring is 1. The van der Waals surface area contributed by atoms with Gasteiger partial charge >= 0.3 is 0 Å². The summed E-state index contributed by atoms with van der Waals surface area (Å²) in [6.45, 7) is 2.03. The van der Waals surface area contributed by atoms with Gasteiger partial charge in [-0.3, -0.25) is 14.5 Å². The Hall–Kier alpha value is -3.03. The Bertz CT molecular complexity index is 858. The maximum Gasteiger partial charge on any atom is 0.233 e. The molecule has 1 aliphatic carbocycles. The molecule has 2 aliphatic rings. The number of aromatic nitrogens is 3. The smallest absolute Gasteiger partial charge is 0.233 e. The number of nitrogens with zero attached hydrogens (tertiary/aromatic N) is 4. The van der Waals surface area contributed by atoms with Crippen LogP contribution in [0.25, 0.3) is 0 Å². The third kappa shape index (κ3) is 3.47. The topological polar surface area (TPSA) is 114 Å². The van der Waals surface area contributed by atoms with Crippen molar-refractivity contribution in [3.63, 3.8) is 0 Å². The summed E-state index contributed by atoms with van der Waals surface area (Å²) in [7, 11) is 0. The van der Waals surface area contributed by atoms with Gasteiger partial charge in [0.1, 0.15) is 0 Å². The van der Waals surface area contributed by atoms with Gasteiger partial charge in [0, 0.05) is 5.69 Å². The van der Waals surface area contributed by atoms with Gasteiger partial charge in [-0.05, 0) is 31.9 Å². The van der Waals surface area contributed by atoms with E-state index in [1.807, 2.05) is 31.2 Å². The molecule has 2 heterocycles. The molecule has 0 bridgehead atoms. The van der Waals surface area contributed by atoms with Crippen LogP contribution in [0.4, 0.5) is 17.6 Å². The summed E-state index contributed by atoms with van der Waals surface area (Å²) in [5.41, 5.74) is 7.77. The molecular weight excluding hydrogens is 344 g/mol. The Labute approximate surface area is 157 Å². The number of benzene rings is 1. The van der Waals surface area contributed by atoms with Crippen molar-refractivity contribution < 1.29 is 9.59 Å². The highest BCUT2D eigenvalue weighted by molar-refractivity contribution is 6.05. The van der Waals surface area contributed by atoms with Crippen molar-refractivity contribution in [3.05, 3.63) is 35.7 Å². The van der Waals surface area contributed by atoms with Crippen LogP contribution in [0.3, 0.4) is 0 Å². The van der Waals surface area contributed by atoms with Gasteiger partial charge in [-0.1, -0.05) is 30.5 Å². The molecule has 0 unspecified atom stereocenters. The molecule has 8 heteroatoms. The fraction of sp³-hybridized carbons (Fsp3) is 0.421. The Morgan fingerprint density at radius 3 is 2.30 bits per heavy atom. The number of anilines is 3. The predicted octanol–water partition coefficient (Wildman–Crippen LogP) is 2.18. The second-order valence-corrected chi connectivity index (χ2v) is 7.18.